The zero-order valence-electron chi connectivity index (χ0n) is 15.7. The molecule has 0 aliphatic carbocycles. The van der Waals surface area contributed by atoms with Gasteiger partial charge in [0.1, 0.15) is 12.0 Å². The number of hydrogen-bond acceptors (Lipinski definition) is 5. The second-order valence-corrected chi connectivity index (χ2v) is 7.94. The SMILES string of the molecule is O=C(c1ccc(-c2ccc(Cl)cc2F)cc1)N1CCN(C(O)C2(O)COC2)CC1. The minimum atomic E-state index is -1.22. The maximum absolute atomic E-state index is 14.1. The van der Waals surface area contributed by atoms with E-state index in [9.17, 15) is 19.4 Å². The van der Waals surface area contributed by atoms with E-state index in [2.05, 4.69) is 0 Å². The molecule has 4 rings (SSSR count). The van der Waals surface area contributed by atoms with Crippen molar-refractivity contribution in [3.05, 3.63) is 58.9 Å². The first-order chi connectivity index (χ1) is 13.9. The van der Waals surface area contributed by atoms with Crippen LogP contribution < -0.4 is 0 Å². The highest BCUT2D eigenvalue weighted by Crippen LogP contribution is 2.27. The quantitative estimate of drug-likeness (QED) is 0.791. The van der Waals surface area contributed by atoms with E-state index in [0.717, 1.165) is 0 Å². The third-order valence-electron chi connectivity index (χ3n) is 5.51. The van der Waals surface area contributed by atoms with E-state index in [1.165, 1.54) is 6.07 Å². The lowest BCUT2D eigenvalue weighted by atomic mass is 9.98. The smallest absolute Gasteiger partial charge is 0.253 e. The Bertz CT molecular complexity index is 896. The second-order valence-electron chi connectivity index (χ2n) is 7.50. The second kappa shape index (κ2) is 8.01. The van der Waals surface area contributed by atoms with Crippen LogP contribution in [0.15, 0.2) is 42.5 Å². The molecule has 0 bridgehead atoms. The van der Waals surface area contributed by atoms with Gasteiger partial charge in [-0.15, -0.1) is 0 Å². The molecule has 0 spiro atoms. The third-order valence-corrected chi connectivity index (χ3v) is 5.74. The van der Waals surface area contributed by atoms with Gasteiger partial charge in [0.2, 0.25) is 0 Å². The fraction of sp³-hybridized carbons (Fsp3) is 0.381. The average Bonchev–Trinajstić information content (AvgIpc) is 2.71. The fourth-order valence-electron chi connectivity index (χ4n) is 3.67. The molecule has 1 unspecified atom stereocenters. The summed E-state index contributed by atoms with van der Waals surface area (Å²) in [5.41, 5.74) is 0.385. The molecule has 0 radical (unpaired) electrons. The molecule has 1 atom stereocenters. The molecule has 2 aliphatic heterocycles. The minimum absolute atomic E-state index is 0.118. The standard InChI is InChI=1S/C21H22ClFN2O4/c22-16-5-6-17(18(23)11-16)14-1-3-15(4-2-14)19(26)24-7-9-25(10-8-24)20(27)21(28)12-29-13-21/h1-6,11,20,27-28H,7-10,12-13H2. The maximum atomic E-state index is 14.1. The predicted octanol–water partition coefficient (Wildman–Crippen LogP) is 1.98. The molecule has 8 heteroatoms. The normalized spacial score (nSPS) is 20.2. The lowest BCUT2D eigenvalue weighted by Gasteiger charge is -2.46. The van der Waals surface area contributed by atoms with Crippen molar-refractivity contribution in [3.8, 4) is 11.1 Å². The van der Waals surface area contributed by atoms with E-state index in [0.29, 0.717) is 47.9 Å². The zero-order chi connectivity index (χ0) is 20.6. The van der Waals surface area contributed by atoms with E-state index in [-0.39, 0.29) is 19.1 Å². The highest BCUT2D eigenvalue weighted by atomic mass is 35.5. The average molecular weight is 421 g/mol. The van der Waals surface area contributed by atoms with Crippen LogP contribution in [-0.4, -0.2) is 77.1 Å². The first-order valence-corrected chi connectivity index (χ1v) is 9.82. The number of aliphatic hydroxyl groups excluding tert-OH is 1. The molecule has 2 fully saturated rings. The number of hydrogen-bond donors (Lipinski definition) is 2. The van der Waals surface area contributed by atoms with E-state index >= 15 is 0 Å². The molecule has 2 aromatic carbocycles. The number of carbonyl (C=O) groups excluding carboxylic acids is 1. The summed E-state index contributed by atoms with van der Waals surface area (Å²) in [7, 11) is 0. The molecule has 2 N–H and O–H groups in total. The first-order valence-electron chi connectivity index (χ1n) is 9.44. The van der Waals surface area contributed by atoms with Crippen molar-refractivity contribution in [1.82, 2.24) is 9.80 Å². The van der Waals surface area contributed by atoms with Crippen LogP contribution in [0.2, 0.25) is 5.02 Å². The van der Waals surface area contributed by atoms with Gasteiger partial charge in [0, 0.05) is 42.3 Å². The number of rotatable bonds is 4. The molecule has 2 aliphatic rings. The van der Waals surface area contributed by atoms with Gasteiger partial charge in [-0.1, -0.05) is 23.7 Å². The summed E-state index contributed by atoms with van der Waals surface area (Å²) in [6.07, 6.45) is -0.998. The number of ether oxygens (including phenoxy) is 1. The Kier molecular flexibility index (Phi) is 5.59. The van der Waals surface area contributed by atoms with Gasteiger partial charge in [-0.05, 0) is 35.9 Å². The van der Waals surface area contributed by atoms with Crippen LogP contribution in [0.25, 0.3) is 11.1 Å². The highest BCUT2D eigenvalue weighted by molar-refractivity contribution is 6.30. The molecule has 1 amide bonds. The maximum Gasteiger partial charge on any atom is 0.253 e. The Hall–Kier alpha value is -2.03. The highest BCUT2D eigenvalue weighted by Gasteiger charge is 2.46. The van der Waals surface area contributed by atoms with E-state index in [1.807, 2.05) is 0 Å². The summed E-state index contributed by atoms with van der Waals surface area (Å²) in [6.45, 7) is 2.05. The Balaban J connectivity index is 1.39. The molecule has 0 saturated carbocycles. The van der Waals surface area contributed by atoms with Crippen LogP contribution in [0.1, 0.15) is 10.4 Å². The lowest BCUT2D eigenvalue weighted by molar-refractivity contribution is -0.261. The van der Waals surface area contributed by atoms with Gasteiger partial charge in [-0.3, -0.25) is 9.69 Å². The molecule has 0 aromatic heterocycles. The number of benzene rings is 2. The van der Waals surface area contributed by atoms with Crippen molar-refractivity contribution in [2.24, 2.45) is 0 Å². The third kappa shape index (κ3) is 4.01. The summed E-state index contributed by atoms with van der Waals surface area (Å²) in [5.74, 6) is -0.530. The molecule has 6 nitrogen and oxygen atoms in total. The van der Waals surface area contributed by atoms with Crippen molar-refractivity contribution in [2.45, 2.75) is 11.8 Å². The first kappa shape index (κ1) is 20.3. The molecule has 154 valence electrons. The van der Waals surface area contributed by atoms with Crippen LogP contribution in [0.3, 0.4) is 0 Å². The van der Waals surface area contributed by atoms with Crippen molar-refractivity contribution in [1.29, 1.82) is 0 Å². The Morgan fingerprint density at radius 2 is 1.76 bits per heavy atom. The lowest BCUT2D eigenvalue weighted by Crippen LogP contribution is -2.66. The Labute approximate surface area is 173 Å². The number of aliphatic hydroxyl groups is 2. The van der Waals surface area contributed by atoms with Crippen molar-refractivity contribution in [3.63, 3.8) is 0 Å². The molecule has 29 heavy (non-hydrogen) atoms. The number of amides is 1. The van der Waals surface area contributed by atoms with Gasteiger partial charge in [0.05, 0.1) is 13.2 Å². The summed E-state index contributed by atoms with van der Waals surface area (Å²) in [5, 5.41) is 20.9. The number of halogens is 2. The van der Waals surface area contributed by atoms with Crippen molar-refractivity contribution >= 4 is 17.5 Å². The summed E-state index contributed by atoms with van der Waals surface area (Å²) >= 11 is 5.79. The Morgan fingerprint density at radius 3 is 2.31 bits per heavy atom. The van der Waals surface area contributed by atoms with Gasteiger partial charge in [0.15, 0.2) is 5.60 Å². The number of nitrogens with zero attached hydrogens (tertiary/aromatic N) is 2. The van der Waals surface area contributed by atoms with Gasteiger partial charge in [-0.25, -0.2) is 4.39 Å². The van der Waals surface area contributed by atoms with Gasteiger partial charge >= 0.3 is 0 Å². The number of carbonyl (C=O) groups is 1. The summed E-state index contributed by atoms with van der Waals surface area (Å²) in [6, 6.07) is 11.3. The number of piperazine rings is 1. The molecule has 2 aromatic rings. The van der Waals surface area contributed by atoms with Crippen molar-refractivity contribution < 1.29 is 24.1 Å². The monoisotopic (exact) mass is 420 g/mol. The summed E-state index contributed by atoms with van der Waals surface area (Å²) in [4.78, 5) is 16.3. The van der Waals surface area contributed by atoms with Crippen LogP contribution in [0, 0.1) is 5.82 Å². The van der Waals surface area contributed by atoms with Crippen LogP contribution in [-0.2, 0) is 4.74 Å². The largest absolute Gasteiger partial charge is 0.381 e. The minimum Gasteiger partial charge on any atom is -0.381 e. The van der Waals surface area contributed by atoms with E-state index in [1.54, 1.807) is 46.2 Å². The molecule has 2 saturated heterocycles. The molecule has 2 heterocycles. The summed E-state index contributed by atoms with van der Waals surface area (Å²) < 4.78 is 19.1. The van der Waals surface area contributed by atoms with Crippen molar-refractivity contribution in [2.75, 3.05) is 39.4 Å². The van der Waals surface area contributed by atoms with Gasteiger partial charge in [0.25, 0.3) is 5.91 Å². The molecular weight excluding hydrogens is 399 g/mol. The van der Waals surface area contributed by atoms with Crippen LogP contribution >= 0.6 is 11.6 Å². The van der Waals surface area contributed by atoms with Crippen LogP contribution in [0.4, 0.5) is 4.39 Å². The zero-order valence-corrected chi connectivity index (χ0v) is 16.5. The fourth-order valence-corrected chi connectivity index (χ4v) is 3.83. The van der Waals surface area contributed by atoms with E-state index in [4.69, 9.17) is 16.3 Å². The van der Waals surface area contributed by atoms with Crippen LogP contribution in [0.5, 0.6) is 0 Å². The predicted molar refractivity (Wildman–Crippen MR) is 106 cm³/mol. The van der Waals surface area contributed by atoms with Gasteiger partial charge < -0.3 is 19.8 Å². The Morgan fingerprint density at radius 1 is 1.10 bits per heavy atom. The van der Waals surface area contributed by atoms with E-state index < -0.39 is 17.6 Å². The molecular formula is C21H22ClFN2O4. The topological polar surface area (TPSA) is 73.2 Å². The van der Waals surface area contributed by atoms with Gasteiger partial charge in [-0.2, -0.15) is 0 Å².